The molecule has 2 aliphatic heterocycles. The number of nitrogens with zero attached hydrogens (tertiary/aromatic N) is 1. The van der Waals surface area contributed by atoms with Gasteiger partial charge in [-0.2, -0.15) is 0 Å². The molecule has 0 aromatic heterocycles. The number of esters is 1. The standard InChI is InChI=1S/C19H26BrNO2/c1-3-4-5-16-12-21-17(19(22)23-16)11-6-13(2)18(21)14-7-9-15(20)10-8-14/h7-10,13,16-18H,3-6,11-12H2,1-2H3/t13-,16+,17-,18-/m0/s1. The summed E-state index contributed by atoms with van der Waals surface area (Å²) >= 11 is 3.51. The average Bonchev–Trinajstić information content (AvgIpc) is 2.54. The second-order valence-corrected chi connectivity index (χ2v) is 7.88. The Hall–Kier alpha value is -0.870. The molecule has 0 bridgehead atoms. The van der Waals surface area contributed by atoms with Gasteiger partial charge >= 0.3 is 5.97 Å². The van der Waals surface area contributed by atoms with Crippen molar-refractivity contribution < 1.29 is 9.53 Å². The number of halogens is 1. The summed E-state index contributed by atoms with van der Waals surface area (Å²) in [7, 11) is 0. The maximum absolute atomic E-state index is 12.5. The van der Waals surface area contributed by atoms with Gasteiger partial charge in [0.25, 0.3) is 0 Å². The lowest BCUT2D eigenvalue weighted by atomic mass is 9.82. The van der Waals surface area contributed by atoms with Gasteiger partial charge in [0, 0.05) is 17.1 Å². The number of hydrogen-bond donors (Lipinski definition) is 0. The summed E-state index contributed by atoms with van der Waals surface area (Å²) in [5.41, 5.74) is 1.31. The lowest BCUT2D eigenvalue weighted by Crippen LogP contribution is -2.57. The van der Waals surface area contributed by atoms with Crippen LogP contribution in [0.15, 0.2) is 28.7 Å². The molecular weight excluding hydrogens is 354 g/mol. The predicted octanol–water partition coefficient (Wildman–Crippen LogP) is 4.71. The van der Waals surface area contributed by atoms with Gasteiger partial charge in [-0.3, -0.25) is 9.69 Å². The normalized spacial score (nSPS) is 31.5. The first kappa shape index (κ1) is 17.0. The van der Waals surface area contributed by atoms with E-state index in [2.05, 4.69) is 58.9 Å². The van der Waals surface area contributed by atoms with Gasteiger partial charge in [-0.15, -0.1) is 0 Å². The van der Waals surface area contributed by atoms with E-state index < -0.39 is 0 Å². The Balaban J connectivity index is 1.84. The molecule has 4 atom stereocenters. The third-order valence-corrected chi connectivity index (χ3v) is 5.78. The summed E-state index contributed by atoms with van der Waals surface area (Å²) in [6, 6.07) is 8.84. The van der Waals surface area contributed by atoms with Gasteiger partial charge in [-0.05, 0) is 49.3 Å². The first-order chi connectivity index (χ1) is 11.1. The van der Waals surface area contributed by atoms with E-state index >= 15 is 0 Å². The molecule has 0 aliphatic carbocycles. The van der Waals surface area contributed by atoms with E-state index in [1.54, 1.807) is 0 Å². The number of hydrogen-bond acceptors (Lipinski definition) is 3. The Bertz CT molecular complexity index is 545. The van der Waals surface area contributed by atoms with Crippen LogP contribution < -0.4 is 0 Å². The zero-order valence-electron chi connectivity index (χ0n) is 14.0. The Kier molecular flexibility index (Phi) is 5.42. The van der Waals surface area contributed by atoms with E-state index in [-0.39, 0.29) is 18.1 Å². The van der Waals surface area contributed by atoms with Gasteiger partial charge in [-0.25, -0.2) is 0 Å². The van der Waals surface area contributed by atoms with E-state index in [0.717, 1.165) is 43.1 Å². The highest BCUT2D eigenvalue weighted by Crippen LogP contribution is 2.41. The summed E-state index contributed by atoms with van der Waals surface area (Å²) < 4.78 is 6.81. The van der Waals surface area contributed by atoms with Crippen LogP contribution in [0.4, 0.5) is 0 Å². The Morgan fingerprint density at radius 2 is 2.00 bits per heavy atom. The predicted molar refractivity (Wildman–Crippen MR) is 95.2 cm³/mol. The van der Waals surface area contributed by atoms with Crippen molar-refractivity contribution in [3.8, 4) is 0 Å². The van der Waals surface area contributed by atoms with Gasteiger partial charge in [0.2, 0.25) is 0 Å². The summed E-state index contributed by atoms with van der Waals surface area (Å²) in [6.45, 7) is 5.37. The molecule has 3 nitrogen and oxygen atoms in total. The van der Waals surface area contributed by atoms with Crippen LogP contribution in [0.5, 0.6) is 0 Å². The minimum absolute atomic E-state index is 0.00800. The molecule has 0 saturated carbocycles. The topological polar surface area (TPSA) is 29.5 Å². The molecule has 0 unspecified atom stereocenters. The Morgan fingerprint density at radius 1 is 1.26 bits per heavy atom. The van der Waals surface area contributed by atoms with Gasteiger partial charge in [0.15, 0.2) is 0 Å². The van der Waals surface area contributed by atoms with Crippen LogP contribution in [-0.2, 0) is 9.53 Å². The zero-order valence-corrected chi connectivity index (χ0v) is 15.6. The van der Waals surface area contributed by atoms with E-state index in [1.165, 1.54) is 5.56 Å². The number of carbonyl (C=O) groups is 1. The lowest BCUT2D eigenvalue weighted by molar-refractivity contribution is -0.174. The van der Waals surface area contributed by atoms with E-state index in [1.807, 2.05) is 0 Å². The molecule has 0 N–H and O–H groups in total. The van der Waals surface area contributed by atoms with Crippen molar-refractivity contribution in [1.29, 1.82) is 0 Å². The fourth-order valence-electron chi connectivity index (χ4n) is 4.04. The van der Waals surface area contributed by atoms with Crippen molar-refractivity contribution in [1.82, 2.24) is 4.90 Å². The lowest BCUT2D eigenvalue weighted by Gasteiger charge is -2.48. The summed E-state index contributed by atoms with van der Waals surface area (Å²) in [4.78, 5) is 14.9. The smallest absolute Gasteiger partial charge is 0.323 e. The van der Waals surface area contributed by atoms with Gasteiger partial charge in [0.05, 0.1) is 0 Å². The molecule has 2 aliphatic rings. The van der Waals surface area contributed by atoms with Crippen LogP contribution in [0.2, 0.25) is 0 Å². The van der Waals surface area contributed by atoms with Crippen molar-refractivity contribution in [2.75, 3.05) is 6.54 Å². The minimum atomic E-state index is -0.0577. The van der Waals surface area contributed by atoms with Crippen molar-refractivity contribution in [3.05, 3.63) is 34.3 Å². The van der Waals surface area contributed by atoms with Crippen LogP contribution in [0.1, 0.15) is 57.6 Å². The largest absolute Gasteiger partial charge is 0.460 e. The highest BCUT2D eigenvalue weighted by Gasteiger charge is 2.44. The van der Waals surface area contributed by atoms with Gasteiger partial charge < -0.3 is 4.74 Å². The zero-order chi connectivity index (χ0) is 16.4. The summed E-state index contributed by atoms with van der Waals surface area (Å²) in [6.07, 6.45) is 5.30. The third kappa shape index (κ3) is 3.63. The molecule has 3 rings (SSSR count). The van der Waals surface area contributed by atoms with Crippen LogP contribution in [0, 0.1) is 5.92 Å². The van der Waals surface area contributed by atoms with Gasteiger partial charge in [0.1, 0.15) is 12.1 Å². The maximum atomic E-state index is 12.5. The minimum Gasteiger partial charge on any atom is -0.460 e. The number of fused-ring (bicyclic) bond motifs is 1. The monoisotopic (exact) mass is 379 g/mol. The molecule has 2 saturated heterocycles. The Labute approximate surface area is 147 Å². The average molecular weight is 380 g/mol. The molecule has 0 radical (unpaired) electrons. The van der Waals surface area contributed by atoms with Crippen molar-refractivity contribution in [2.24, 2.45) is 5.92 Å². The van der Waals surface area contributed by atoms with Crippen LogP contribution >= 0.6 is 15.9 Å². The van der Waals surface area contributed by atoms with Crippen molar-refractivity contribution in [3.63, 3.8) is 0 Å². The summed E-state index contributed by atoms with van der Waals surface area (Å²) in [5.74, 6) is 0.552. The number of cyclic esters (lactones) is 1. The number of carbonyl (C=O) groups excluding carboxylic acids is 1. The van der Waals surface area contributed by atoms with Crippen LogP contribution in [0.3, 0.4) is 0 Å². The van der Waals surface area contributed by atoms with E-state index in [4.69, 9.17) is 4.74 Å². The summed E-state index contributed by atoms with van der Waals surface area (Å²) in [5, 5.41) is 0. The molecule has 2 heterocycles. The number of morpholine rings is 1. The second kappa shape index (κ2) is 7.35. The molecule has 23 heavy (non-hydrogen) atoms. The van der Waals surface area contributed by atoms with Crippen LogP contribution in [-0.4, -0.2) is 29.6 Å². The number of rotatable bonds is 4. The molecule has 1 aromatic rings. The number of piperidine rings is 1. The quantitative estimate of drug-likeness (QED) is 0.709. The molecule has 1 aromatic carbocycles. The SMILES string of the molecule is CCCC[C@@H]1CN2[C@H](c3ccc(Br)cc3)[C@@H](C)CC[C@H]2C(=O)O1. The fraction of sp³-hybridized carbons (Fsp3) is 0.632. The molecule has 0 amide bonds. The number of unbranched alkanes of at least 4 members (excludes halogenated alkanes) is 1. The van der Waals surface area contributed by atoms with Crippen molar-refractivity contribution in [2.45, 2.75) is 64.1 Å². The van der Waals surface area contributed by atoms with Gasteiger partial charge in [-0.1, -0.05) is 48.3 Å². The third-order valence-electron chi connectivity index (χ3n) is 5.25. The number of benzene rings is 1. The Morgan fingerprint density at radius 3 is 2.70 bits per heavy atom. The first-order valence-electron chi connectivity index (χ1n) is 8.82. The van der Waals surface area contributed by atoms with E-state index in [0.29, 0.717) is 12.0 Å². The number of ether oxygens (including phenoxy) is 1. The second-order valence-electron chi connectivity index (χ2n) is 6.96. The molecule has 126 valence electrons. The highest BCUT2D eigenvalue weighted by molar-refractivity contribution is 9.10. The first-order valence-corrected chi connectivity index (χ1v) is 9.61. The molecule has 4 heteroatoms. The van der Waals surface area contributed by atoms with E-state index in [9.17, 15) is 4.79 Å². The van der Waals surface area contributed by atoms with Crippen LogP contribution in [0.25, 0.3) is 0 Å². The maximum Gasteiger partial charge on any atom is 0.323 e. The molecule has 0 spiro atoms. The highest BCUT2D eigenvalue weighted by atomic mass is 79.9. The molecule has 2 fully saturated rings. The molecular formula is C19H26BrNO2. The van der Waals surface area contributed by atoms with Crippen molar-refractivity contribution >= 4 is 21.9 Å². The fourth-order valence-corrected chi connectivity index (χ4v) is 4.30.